The quantitative estimate of drug-likeness (QED) is 0.821. The summed E-state index contributed by atoms with van der Waals surface area (Å²) < 4.78 is 1.44. The third-order valence-corrected chi connectivity index (χ3v) is 5.88. The van der Waals surface area contributed by atoms with Crippen molar-refractivity contribution in [3.63, 3.8) is 0 Å². The number of fused-ring (bicyclic) bond motifs is 1. The molecule has 0 N–H and O–H groups in total. The van der Waals surface area contributed by atoms with Crippen LogP contribution in [0, 0.1) is 5.92 Å². The van der Waals surface area contributed by atoms with Gasteiger partial charge in [-0.25, -0.2) is 4.98 Å². The SMILES string of the molecule is CCc1nn2c(=O)cc(CN(C3CC3)C(C)C3CC3)nc2s1. The summed E-state index contributed by atoms with van der Waals surface area (Å²) in [5, 5.41) is 5.28. The molecule has 1 atom stereocenters. The van der Waals surface area contributed by atoms with Crippen LogP contribution in [-0.2, 0) is 13.0 Å². The second-order valence-corrected chi connectivity index (χ2v) is 7.65. The average molecular weight is 318 g/mol. The first-order valence-corrected chi connectivity index (χ1v) is 9.11. The van der Waals surface area contributed by atoms with Gasteiger partial charge in [-0.05, 0) is 44.9 Å². The Bertz CT molecular complexity index is 744. The highest BCUT2D eigenvalue weighted by atomic mass is 32.1. The minimum atomic E-state index is -0.0502. The largest absolute Gasteiger partial charge is 0.292 e. The van der Waals surface area contributed by atoms with Crippen molar-refractivity contribution in [2.24, 2.45) is 5.92 Å². The summed E-state index contributed by atoms with van der Waals surface area (Å²) in [5.41, 5.74) is 0.849. The molecule has 6 heteroatoms. The van der Waals surface area contributed by atoms with Gasteiger partial charge in [0.25, 0.3) is 5.56 Å². The zero-order valence-electron chi connectivity index (χ0n) is 13.2. The third kappa shape index (κ3) is 2.70. The molecule has 0 saturated heterocycles. The van der Waals surface area contributed by atoms with Crippen molar-refractivity contribution in [3.8, 4) is 0 Å². The topological polar surface area (TPSA) is 50.5 Å². The summed E-state index contributed by atoms with van der Waals surface area (Å²) in [7, 11) is 0. The van der Waals surface area contributed by atoms with Crippen LogP contribution < -0.4 is 5.56 Å². The van der Waals surface area contributed by atoms with Crippen molar-refractivity contribution < 1.29 is 0 Å². The minimum Gasteiger partial charge on any atom is -0.292 e. The lowest BCUT2D eigenvalue weighted by molar-refractivity contribution is 0.168. The Hall–Kier alpha value is -1.27. The van der Waals surface area contributed by atoms with Crippen molar-refractivity contribution in [1.82, 2.24) is 19.5 Å². The molecule has 2 saturated carbocycles. The standard InChI is InChI=1S/C16H22N4OS/c1-3-14-18-20-15(21)8-12(17-16(20)22-14)9-19(13-6-7-13)10(2)11-4-5-11/h8,10-11,13H,3-7,9H2,1-2H3. The summed E-state index contributed by atoms with van der Waals surface area (Å²) in [4.78, 5) is 20.3. The van der Waals surface area contributed by atoms with Crippen LogP contribution in [0.3, 0.4) is 0 Å². The van der Waals surface area contributed by atoms with Gasteiger partial charge in [0.2, 0.25) is 4.96 Å². The number of hydrogen-bond donors (Lipinski definition) is 0. The van der Waals surface area contributed by atoms with Gasteiger partial charge in [-0.2, -0.15) is 9.61 Å². The van der Waals surface area contributed by atoms with Gasteiger partial charge in [-0.3, -0.25) is 9.69 Å². The van der Waals surface area contributed by atoms with Gasteiger partial charge in [-0.15, -0.1) is 0 Å². The van der Waals surface area contributed by atoms with Gasteiger partial charge in [0.1, 0.15) is 5.01 Å². The van der Waals surface area contributed by atoms with Crippen LogP contribution in [0.4, 0.5) is 0 Å². The monoisotopic (exact) mass is 318 g/mol. The second-order valence-electron chi connectivity index (χ2n) is 6.61. The summed E-state index contributed by atoms with van der Waals surface area (Å²) in [5.74, 6) is 0.848. The van der Waals surface area contributed by atoms with Crippen molar-refractivity contribution >= 4 is 16.3 Å². The number of rotatable bonds is 6. The van der Waals surface area contributed by atoms with Crippen LogP contribution in [0.2, 0.25) is 0 Å². The first-order chi connectivity index (χ1) is 10.7. The van der Waals surface area contributed by atoms with Crippen molar-refractivity contribution in [2.45, 2.75) is 64.6 Å². The molecule has 2 aliphatic rings. The number of aromatic nitrogens is 3. The van der Waals surface area contributed by atoms with Crippen LogP contribution in [0.25, 0.3) is 4.96 Å². The number of nitrogens with zero attached hydrogens (tertiary/aromatic N) is 4. The Labute approximate surface area is 134 Å². The maximum absolute atomic E-state index is 12.3. The molecule has 0 spiro atoms. The first-order valence-electron chi connectivity index (χ1n) is 8.30. The van der Waals surface area contributed by atoms with E-state index in [1.807, 2.05) is 0 Å². The Morgan fingerprint density at radius 2 is 2.18 bits per heavy atom. The summed E-state index contributed by atoms with van der Waals surface area (Å²) in [6, 6.07) is 2.98. The molecule has 0 amide bonds. The van der Waals surface area contributed by atoms with E-state index in [0.717, 1.165) is 34.5 Å². The molecule has 0 bridgehead atoms. The highest BCUT2D eigenvalue weighted by Crippen LogP contribution is 2.40. The molecular weight excluding hydrogens is 296 g/mol. The summed E-state index contributed by atoms with van der Waals surface area (Å²) in [6.45, 7) is 5.19. The van der Waals surface area contributed by atoms with Crippen molar-refractivity contribution in [3.05, 3.63) is 27.1 Å². The van der Waals surface area contributed by atoms with Crippen LogP contribution in [0.5, 0.6) is 0 Å². The maximum atomic E-state index is 12.3. The zero-order chi connectivity index (χ0) is 15.3. The van der Waals surface area contributed by atoms with E-state index in [-0.39, 0.29) is 5.56 Å². The Balaban J connectivity index is 1.63. The van der Waals surface area contributed by atoms with E-state index in [4.69, 9.17) is 4.98 Å². The van der Waals surface area contributed by atoms with Crippen LogP contribution in [-0.4, -0.2) is 31.6 Å². The zero-order valence-corrected chi connectivity index (χ0v) is 14.0. The molecule has 4 rings (SSSR count). The maximum Gasteiger partial charge on any atom is 0.275 e. The second kappa shape index (κ2) is 5.42. The van der Waals surface area contributed by atoms with E-state index in [9.17, 15) is 4.79 Å². The molecule has 1 unspecified atom stereocenters. The summed E-state index contributed by atoms with van der Waals surface area (Å²) in [6.07, 6.45) is 6.13. The Morgan fingerprint density at radius 1 is 1.41 bits per heavy atom. The highest BCUT2D eigenvalue weighted by Gasteiger charge is 2.39. The lowest BCUT2D eigenvalue weighted by Gasteiger charge is -2.28. The van der Waals surface area contributed by atoms with Crippen LogP contribution in [0.1, 0.15) is 50.2 Å². The predicted octanol–water partition coefficient (Wildman–Crippen LogP) is 2.48. The smallest absolute Gasteiger partial charge is 0.275 e. The van der Waals surface area contributed by atoms with Crippen LogP contribution in [0.15, 0.2) is 10.9 Å². The van der Waals surface area contributed by atoms with E-state index >= 15 is 0 Å². The fourth-order valence-corrected chi connectivity index (χ4v) is 4.03. The Morgan fingerprint density at radius 3 is 2.82 bits per heavy atom. The van der Waals surface area contributed by atoms with Crippen molar-refractivity contribution in [1.29, 1.82) is 0 Å². The predicted molar refractivity (Wildman–Crippen MR) is 87.3 cm³/mol. The molecular formula is C16H22N4OS. The molecule has 0 radical (unpaired) electrons. The van der Waals surface area contributed by atoms with E-state index in [1.165, 1.54) is 41.5 Å². The average Bonchev–Trinajstić information content (AvgIpc) is 3.40. The van der Waals surface area contributed by atoms with E-state index in [0.29, 0.717) is 12.1 Å². The molecule has 0 aliphatic heterocycles. The molecule has 22 heavy (non-hydrogen) atoms. The lowest BCUT2D eigenvalue weighted by atomic mass is 10.1. The van der Waals surface area contributed by atoms with E-state index < -0.39 is 0 Å². The first kappa shape index (κ1) is 14.3. The van der Waals surface area contributed by atoms with Crippen molar-refractivity contribution in [2.75, 3.05) is 0 Å². The third-order valence-electron chi connectivity index (χ3n) is 4.83. The van der Waals surface area contributed by atoms with Gasteiger partial charge >= 0.3 is 0 Å². The molecule has 2 aromatic rings. The van der Waals surface area contributed by atoms with Gasteiger partial charge in [0.15, 0.2) is 0 Å². The summed E-state index contributed by atoms with van der Waals surface area (Å²) >= 11 is 1.53. The van der Waals surface area contributed by atoms with Gasteiger partial charge in [0.05, 0.1) is 5.69 Å². The molecule has 2 heterocycles. The molecule has 2 fully saturated rings. The molecule has 118 valence electrons. The molecule has 2 aliphatic carbocycles. The fourth-order valence-electron chi connectivity index (χ4n) is 3.17. The van der Waals surface area contributed by atoms with Crippen LogP contribution >= 0.6 is 11.3 Å². The normalized spacial score (nSPS) is 20.0. The van der Waals surface area contributed by atoms with E-state index in [1.54, 1.807) is 6.07 Å². The fraction of sp³-hybridized carbons (Fsp3) is 0.688. The van der Waals surface area contributed by atoms with Gasteiger partial charge < -0.3 is 0 Å². The molecule has 0 aromatic carbocycles. The Kier molecular flexibility index (Phi) is 3.53. The number of aryl methyl sites for hydroxylation is 1. The minimum absolute atomic E-state index is 0.0502. The lowest BCUT2D eigenvalue weighted by Crippen LogP contribution is -2.36. The van der Waals surface area contributed by atoms with E-state index in [2.05, 4.69) is 23.8 Å². The van der Waals surface area contributed by atoms with Gasteiger partial charge in [0, 0.05) is 24.7 Å². The highest BCUT2D eigenvalue weighted by molar-refractivity contribution is 7.16. The molecule has 5 nitrogen and oxygen atoms in total. The molecule has 2 aromatic heterocycles. The van der Waals surface area contributed by atoms with Gasteiger partial charge in [-0.1, -0.05) is 18.3 Å². The number of hydrogen-bond acceptors (Lipinski definition) is 5.